The molecule has 1 aromatic heterocycles. The molecule has 0 aliphatic rings. The Morgan fingerprint density at radius 3 is 2.68 bits per heavy atom. The largest absolute Gasteiger partial charge is 0.378 e. The molecule has 2 rings (SSSR count). The summed E-state index contributed by atoms with van der Waals surface area (Å²) in [6.07, 6.45) is 1.84. The summed E-state index contributed by atoms with van der Waals surface area (Å²) in [4.78, 5) is 5.48. The van der Waals surface area contributed by atoms with E-state index in [4.69, 9.17) is 11.6 Å². The molecule has 1 heterocycles. The van der Waals surface area contributed by atoms with Gasteiger partial charge in [0.1, 0.15) is 5.82 Å². The van der Waals surface area contributed by atoms with Crippen molar-refractivity contribution in [2.45, 2.75) is 32.7 Å². The predicted octanol–water partition coefficient (Wildman–Crippen LogP) is 4.85. The molecular formula is C14H16ClFN2S. The lowest BCUT2D eigenvalue weighted by molar-refractivity contribution is 0.585. The van der Waals surface area contributed by atoms with Gasteiger partial charge < -0.3 is 5.32 Å². The zero-order valence-corrected chi connectivity index (χ0v) is 12.7. The lowest BCUT2D eigenvalue weighted by Gasteiger charge is -2.13. The van der Waals surface area contributed by atoms with Crippen molar-refractivity contribution in [2.75, 3.05) is 5.32 Å². The Bertz CT molecular complexity index is 575. The number of thiazole rings is 1. The fraction of sp³-hybridized carbons (Fsp3) is 0.357. The molecule has 1 N–H and O–H groups in total. The van der Waals surface area contributed by atoms with E-state index in [0.29, 0.717) is 17.3 Å². The lowest BCUT2D eigenvalue weighted by Crippen LogP contribution is -2.09. The van der Waals surface area contributed by atoms with Crippen molar-refractivity contribution in [3.63, 3.8) is 0 Å². The van der Waals surface area contributed by atoms with Crippen LogP contribution in [-0.4, -0.2) is 4.98 Å². The Morgan fingerprint density at radius 2 is 2.11 bits per heavy atom. The third-order valence-electron chi connectivity index (χ3n) is 2.58. The van der Waals surface area contributed by atoms with Crippen molar-refractivity contribution in [1.82, 2.24) is 4.98 Å². The molecule has 0 saturated heterocycles. The van der Waals surface area contributed by atoms with Crippen LogP contribution in [0.25, 0.3) is 0 Å². The quantitative estimate of drug-likeness (QED) is 0.876. The molecule has 0 spiro atoms. The Kier molecular flexibility index (Phi) is 4.11. The van der Waals surface area contributed by atoms with Gasteiger partial charge in [0.15, 0.2) is 0 Å². The number of halogens is 2. The monoisotopic (exact) mass is 298 g/mol. The zero-order chi connectivity index (χ0) is 14.0. The molecule has 102 valence electrons. The Morgan fingerprint density at radius 1 is 1.37 bits per heavy atom. The van der Waals surface area contributed by atoms with E-state index < -0.39 is 0 Å². The van der Waals surface area contributed by atoms with Crippen LogP contribution >= 0.6 is 22.9 Å². The van der Waals surface area contributed by atoms with E-state index in [1.807, 2.05) is 6.20 Å². The summed E-state index contributed by atoms with van der Waals surface area (Å²) in [5.74, 6) is -0.340. The highest BCUT2D eigenvalue weighted by Crippen LogP contribution is 2.27. The first-order valence-corrected chi connectivity index (χ1v) is 7.20. The van der Waals surface area contributed by atoms with Gasteiger partial charge in [-0.3, -0.25) is 0 Å². The third kappa shape index (κ3) is 3.67. The lowest BCUT2D eigenvalue weighted by atomic mass is 9.98. The van der Waals surface area contributed by atoms with Crippen molar-refractivity contribution in [3.8, 4) is 0 Å². The molecular weight excluding hydrogens is 283 g/mol. The first-order chi connectivity index (χ1) is 8.86. The molecule has 0 saturated carbocycles. The Hall–Kier alpha value is -1.13. The molecule has 5 heteroatoms. The van der Waals surface area contributed by atoms with Gasteiger partial charge in [0.2, 0.25) is 0 Å². The summed E-state index contributed by atoms with van der Waals surface area (Å²) < 4.78 is 13.6. The average Bonchev–Trinajstić information content (AvgIpc) is 2.76. The topological polar surface area (TPSA) is 24.9 Å². The van der Waals surface area contributed by atoms with Gasteiger partial charge in [0, 0.05) is 21.5 Å². The maximum Gasteiger partial charge on any atom is 0.147 e. The molecule has 0 fully saturated rings. The average molecular weight is 299 g/mol. The summed E-state index contributed by atoms with van der Waals surface area (Å²) in [7, 11) is 0. The van der Waals surface area contributed by atoms with E-state index >= 15 is 0 Å². The molecule has 1 aromatic carbocycles. The minimum atomic E-state index is -0.340. The number of anilines is 1. The maximum absolute atomic E-state index is 13.6. The van der Waals surface area contributed by atoms with Crippen molar-refractivity contribution in [1.29, 1.82) is 0 Å². The number of hydrogen-bond donors (Lipinski definition) is 1. The molecule has 0 aliphatic carbocycles. The first-order valence-electron chi connectivity index (χ1n) is 6.00. The molecule has 0 aliphatic heterocycles. The minimum Gasteiger partial charge on any atom is -0.378 e. The fourth-order valence-corrected chi connectivity index (χ4v) is 2.62. The summed E-state index contributed by atoms with van der Waals surface area (Å²) in [6, 6.07) is 4.61. The highest BCUT2D eigenvalue weighted by molar-refractivity contribution is 7.11. The van der Waals surface area contributed by atoms with Crippen molar-refractivity contribution < 1.29 is 4.39 Å². The van der Waals surface area contributed by atoms with Gasteiger partial charge in [0.05, 0.1) is 17.2 Å². The van der Waals surface area contributed by atoms with Crippen LogP contribution in [0.2, 0.25) is 5.02 Å². The van der Waals surface area contributed by atoms with Gasteiger partial charge in [-0.15, -0.1) is 11.3 Å². The van der Waals surface area contributed by atoms with Crippen LogP contribution in [0.15, 0.2) is 24.4 Å². The standard InChI is InChI=1S/C14H16ClFN2S/c1-14(2,3)13-18-8-10(19-13)7-17-12-5-4-9(15)6-11(12)16/h4-6,8,17H,7H2,1-3H3. The van der Waals surface area contributed by atoms with E-state index in [2.05, 4.69) is 31.1 Å². The van der Waals surface area contributed by atoms with Gasteiger partial charge in [-0.05, 0) is 18.2 Å². The van der Waals surface area contributed by atoms with E-state index in [-0.39, 0.29) is 11.2 Å². The van der Waals surface area contributed by atoms with Crippen LogP contribution in [0.5, 0.6) is 0 Å². The molecule has 0 amide bonds. The van der Waals surface area contributed by atoms with Crippen LogP contribution in [0.1, 0.15) is 30.7 Å². The number of hydrogen-bond acceptors (Lipinski definition) is 3. The number of benzene rings is 1. The summed E-state index contributed by atoms with van der Waals surface area (Å²) in [6.45, 7) is 6.94. The summed E-state index contributed by atoms with van der Waals surface area (Å²) in [5.41, 5.74) is 0.504. The second-order valence-corrected chi connectivity index (χ2v) is 6.91. The summed E-state index contributed by atoms with van der Waals surface area (Å²) >= 11 is 7.36. The molecule has 2 aromatic rings. The number of aromatic nitrogens is 1. The van der Waals surface area contributed by atoms with E-state index in [9.17, 15) is 4.39 Å². The van der Waals surface area contributed by atoms with Crippen molar-refractivity contribution in [3.05, 3.63) is 45.1 Å². The number of nitrogens with one attached hydrogen (secondary N) is 1. The SMILES string of the molecule is CC(C)(C)c1ncc(CNc2ccc(Cl)cc2F)s1. The van der Waals surface area contributed by atoms with Gasteiger partial charge in [0.25, 0.3) is 0 Å². The molecule has 0 unspecified atom stereocenters. The van der Waals surface area contributed by atoms with Gasteiger partial charge in [-0.25, -0.2) is 9.37 Å². The van der Waals surface area contributed by atoms with E-state index in [1.54, 1.807) is 23.5 Å². The molecule has 19 heavy (non-hydrogen) atoms. The maximum atomic E-state index is 13.6. The van der Waals surface area contributed by atoms with Crippen LogP contribution in [0, 0.1) is 5.82 Å². The minimum absolute atomic E-state index is 0.0500. The first kappa shape index (κ1) is 14.3. The summed E-state index contributed by atoms with van der Waals surface area (Å²) in [5, 5.41) is 4.54. The Balaban J connectivity index is 2.04. The van der Waals surface area contributed by atoms with Crippen LogP contribution in [-0.2, 0) is 12.0 Å². The van der Waals surface area contributed by atoms with Gasteiger partial charge in [-0.2, -0.15) is 0 Å². The number of nitrogens with zero attached hydrogens (tertiary/aromatic N) is 1. The normalized spacial score (nSPS) is 11.6. The van der Waals surface area contributed by atoms with Crippen LogP contribution in [0.3, 0.4) is 0 Å². The molecule has 0 radical (unpaired) electrons. The fourth-order valence-electron chi connectivity index (χ4n) is 1.55. The van der Waals surface area contributed by atoms with Gasteiger partial charge in [-0.1, -0.05) is 32.4 Å². The second-order valence-electron chi connectivity index (χ2n) is 5.36. The zero-order valence-electron chi connectivity index (χ0n) is 11.1. The van der Waals surface area contributed by atoms with Crippen molar-refractivity contribution >= 4 is 28.6 Å². The van der Waals surface area contributed by atoms with Crippen LogP contribution < -0.4 is 5.32 Å². The van der Waals surface area contributed by atoms with E-state index in [0.717, 1.165) is 9.88 Å². The van der Waals surface area contributed by atoms with Gasteiger partial charge >= 0.3 is 0 Å². The molecule has 0 bridgehead atoms. The van der Waals surface area contributed by atoms with E-state index in [1.165, 1.54) is 6.07 Å². The molecule has 0 atom stereocenters. The van der Waals surface area contributed by atoms with Crippen LogP contribution in [0.4, 0.5) is 10.1 Å². The predicted molar refractivity (Wildman–Crippen MR) is 79.6 cm³/mol. The highest BCUT2D eigenvalue weighted by atomic mass is 35.5. The smallest absolute Gasteiger partial charge is 0.147 e. The Labute approximate surface area is 121 Å². The molecule has 2 nitrogen and oxygen atoms in total. The van der Waals surface area contributed by atoms with Crippen molar-refractivity contribution in [2.24, 2.45) is 0 Å². The second kappa shape index (κ2) is 5.47. The third-order valence-corrected chi connectivity index (χ3v) is 4.24. The highest BCUT2D eigenvalue weighted by Gasteiger charge is 2.17. The number of rotatable bonds is 3.